The number of carbonyl (C=O) groups excluding carboxylic acids is 1. The molecule has 1 aliphatic heterocycles. The summed E-state index contributed by atoms with van der Waals surface area (Å²) >= 11 is 0. The van der Waals surface area contributed by atoms with Crippen LogP contribution in [0.15, 0.2) is 48.5 Å². The second-order valence-corrected chi connectivity index (χ2v) is 5.96. The lowest BCUT2D eigenvalue weighted by Crippen LogP contribution is -2.44. The van der Waals surface area contributed by atoms with E-state index < -0.39 is 18.2 Å². The third kappa shape index (κ3) is 5.09. The number of nitrogens with one attached hydrogen (secondary N) is 1. The smallest absolute Gasteiger partial charge is 0.252 e. The largest absolute Gasteiger partial charge is 0.489 e. The molecule has 0 spiro atoms. The fourth-order valence-corrected chi connectivity index (χ4v) is 2.73. The Morgan fingerprint density at radius 3 is 2.69 bits per heavy atom. The van der Waals surface area contributed by atoms with Crippen LogP contribution < -0.4 is 20.5 Å². The quantitative estimate of drug-likeness (QED) is 0.808. The van der Waals surface area contributed by atoms with Gasteiger partial charge in [-0.1, -0.05) is 30.3 Å². The predicted octanol–water partition coefficient (Wildman–Crippen LogP) is 2.87. The van der Waals surface area contributed by atoms with Crippen molar-refractivity contribution in [3.63, 3.8) is 0 Å². The molecule has 0 aliphatic carbocycles. The Labute approximate surface area is 158 Å². The standard InChI is InChI=1S/C19H21FN2O3.ClH/c20-16-11-22-9-8-17(16)25-18-10-14(6-7-15(18)19(21)23)24-12-13-4-2-1-3-5-13;/h1-7,10,16-17,22H,8-9,11-12H2,(H2,21,23);1H/t16-,17+;/m0./s1. The molecule has 1 fully saturated rings. The van der Waals surface area contributed by atoms with Crippen LogP contribution in [-0.4, -0.2) is 31.3 Å². The van der Waals surface area contributed by atoms with Gasteiger partial charge in [0.2, 0.25) is 0 Å². The van der Waals surface area contributed by atoms with Crippen LogP contribution in [0.5, 0.6) is 11.5 Å². The minimum Gasteiger partial charge on any atom is -0.489 e. The molecule has 2 aromatic carbocycles. The molecule has 0 unspecified atom stereocenters. The molecule has 1 aliphatic rings. The average molecular weight is 381 g/mol. The van der Waals surface area contributed by atoms with Crippen LogP contribution in [0.4, 0.5) is 4.39 Å². The summed E-state index contributed by atoms with van der Waals surface area (Å²) in [5.41, 5.74) is 6.64. The summed E-state index contributed by atoms with van der Waals surface area (Å²) < 4.78 is 25.5. The summed E-state index contributed by atoms with van der Waals surface area (Å²) in [6.45, 7) is 1.29. The monoisotopic (exact) mass is 380 g/mol. The highest BCUT2D eigenvalue weighted by Crippen LogP contribution is 2.28. The number of piperidine rings is 1. The minimum absolute atomic E-state index is 0. The fourth-order valence-electron chi connectivity index (χ4n) is 2.73. The van der Waals surface area contributed by atoms with Crippen LogP contribution in [0.1, 0.15) is 22.3 Å². The Morgan fingerprint density at radius 2 is 2.00 bits per heavy atom. The van der Waals surface area contributed by atoms with E-state index in [9.17, 15) is 9.18 Å². The van der Waals surface area contributed by atoms with Gasteiger partial charge in [-0.25, -0.2) is 4.39 Å². The summed E-state index contributed by atoms with van der Waals surface area (Å²) in [4.78, 5) is 11.6. The number of hydrogen-bond donors (Lipinski definition) is 2. The zero-order valence-corrected chi connectivity index (χ0v) is 15.0. The Kier molecular flexibility index (Phi) is 7.24. The number of hydrogen-bond acceptors (Lipinski definition) is 4. The SMILES string of the molecule is Cl.NC(=O)c1ccc(OCc2ccccc2)cc1O[C@@H]1CCNC[C@@H]1F. The maximum absolute atomic E-state index is 14.0. The first-order valence-electron chi connectivity index (χ1n) is 8.25. The van der Waals surface area contributed by atoms with E-state index in [2.05, 4.69) is 5.32 Å². The lowest BCUT2D eigenvalue weighted by Gasteiger charge is -2.28. The highest BCUT2D eigenvalue weighted by molar-refractivity contribution is 5.95. The van der Waals surface area contributed by atoms with Crippen molar-refractivity contribution in [3.8, 4) is 11.5 Å². The molecule has 0 radical (unpaired) electrons. The van der Waals surface area contributed by atoms with Crippen LogP contribution in [0.3, 0.4) is 0 Å². The number of alkyl halides is 1. The number of ether oxygens (including phenoxy) is 2. The molecule has 3 N–H and O–H groups in total. The summed E-state index contributed by atoms with van der Waals surface area (Å²) in [5.74, 6) is 0.176. The van der Waals surface area contributed by atoms with Gasteiger partial charge in [0, 0.05) is 12.6 Å². The topological polar surface area (TPSA) is 73.6 Å². The molecule has 5 nitrogen and oxygen atoms in total. The number of nitrogens with two attached hydrogens (primary N) is 1. The van der Waals surface area contributed by atoms with Gasteiger partial charge in [0.25, 0.3) is 5.91 Å². The van der Waals surface area contributed by atoms with E-state index >= 15 is 0 Å². The molecular formula is C19H22ClFN2O3. The summed E-state index contributed by atoms with van der Waals surface area (Å²) in [5, 5.41) is 2.97. The molecular weight excluding hydrogens is 359 g/mol. The molecule has 26 heavy (non-hydrogen) atoms. The first kappa shape index (κ1) is 20.0. The molecule has 7 heteroatoms. The summed E-state index contributed by atoms with van der Waals surface area (Å²) in [6, 6.07) is 14.5. The Hall–Kier alpha value is -2.31. The van der Waals surface area contributed by atoms with E-state index in [-0.39, 0.29) is 30.3 Å². The molecule has 2 aromatic rings. The van der Waals surface area contributed by atoms with Crippen molar-refractivity contribution >= 4 is 18.3 Å². The Morgan fingerprint density at radius 1 is 1.23 bits per heavy atom. The first-order valence-corrected chi connectivity index (χ1v) is 8.25. The minimum atomic E-state index is -1.14. The third-order valence-electron chi connectivity index (χ3n) is 4.09. The van der Waals surface area contributed by atoms with Gasteiger partial charge in [0.15, 0.2) is 0 Å². The Balaban J connectivity index is 0.00000243. The fraction of sp³-hybridized carbons (Fsp3) is 0.316. The highest BCUT2D eigenvalue weighted by Gasteiger charge is 2.27. The van der Waals surface area contributed by atoms with Gasteiger partial charge in [-0.2, -0.15) is 0 Å². The Bertz CT molecular complexity index is 730. The second kappa shape index (κ2) is 9.40. The van der Waals surface area contributed by atoms with Crippen LogP contribution in [0.2, 0.25) is 0 Å². The number of amides is 1. The number of rotatable bonds is 6. The van der Waals surface area contributed by atoms with Crippen LogP contribution in [-0.2, 0) is 6.61 Å². The molecule has 0 saturated carbocycles. The van der Waals surface area contributed by atoms with E-state index in [1.807, 2.05) is 30.3 Å². The maximum Gasteiger partial charge on any atom is 0.252 e. The normalized spacial score (nSPS) is 19.3. The van der Waals surface area contributed by atoms with Crippen molar-refractivity contribution in [3.05, 3.63) is 59.7 Å². The van der Waals surface area contributed by atoms with E-state index in [4.69, 9.17) is 15.2 Å². The van der Waals surface area contributed by atoms with Crippen LogP contribution >= 0.6 is 12.4 Å². The van der Waals surface area contributed by atoms with Gasteiger partial charge in [-0.05, 0) is 30.7 Å². The number of halogens is 2. The van der Waals surface area contributed by atoms with Gasteiger partial charge in [-0.3, -0.25) is 4.79 Å². The van der Waals surface area contributed by atoms with Crippen molar-refractivity contribution in [2.45, 2.75) is 25.3 Å². The number of benzene rings is 2. The van der Waals surface area contributed by atoms with Gasteiger partial charge in [0.05, 0.1) is 5.56 Å². The van der Waals surface area contributed by atoms with Crippen LogP contribution in [0.25, 0.3) is 0 Å². The summed E-state index contributed by atoms with van der Waals surface area (Å²) in [7, 11) is 0. The summed E-state index contributed by atoms with van der Waals surface area (Å²) in [6.07, 6.45) is -1.22. The van der Waals surface area contributed by atoms with E-state index in [1.54, 1.807) is 18.2 Å². The molecule has 1 amide bonds. The number of primary amides is 1. The van der Waals surface area contributed by atoms with Gasteiger partial charge < -0.3 is 20.5 Å². The van der Waals surface area contributed by atoms with Crippen molar-refractivity contribution in [1.82, 2.24) is 5.32 Å². The van der Waals surface area contributed by atoms with Crippen molar-refractivity contribution in [2.75, 3.05) is 13.1 Å². The molecule has 1 saturated heterocycles. The second-order valence-electron chi connectivity index (χ2n) is 5.96. The third-order valence-corrected chi connectivity index (χ3v) is 4.09. The highest BCUT2D eigenvalue weighted by atomic mass is 35.5. The van der Waals surface area contributed by atoms with Gasteiger partial charge in [-0.15, -0.1) is 12.4 Å². The average Bonchev–Trinajstić information content (AvgIpc) is 2.63. The van der Waals surface area contributed by atoms with Crippen molar-refractivity contribution in [1.29, 1.82) is 0 Å². The predicted molar refractivity (Wildman–Crippen MR) is 99.8 cm³/mol. The van der Waals surface area contributed by atoms with E-state index in [1.165, 1.54) is 0 Å². The molecule has 140 valence electrons. The lowest BCUT2D eigenvalue weighted by atomic mass is 10.1. The molecule has 0 bridgehead atoms. The maximum atomic E-state index is 14.0. The zero-order valence-electron chi connectivity index (χ0n) is 14.2. The zero-order chi connectivity index (χ0) is 17.6. The van der Waals surface area contributed by atoms with E-state index in [0.29, 0.717) is 25.3 Å². The lowest BCUT2D eigenvalue weighted by molar-refractivity contribution is 0.0711. The number of carbonyl (C=O) groups is 1. The van der Waals surface area contributed by atoms with Crippen molar-refractivity contribution < 1.29 is 18.7 Å². The van der Waals surface area contributed by atoms with E-state index in [0.717, 1.165) is 5.56 Å². The molecule has 1 heterocycles. The van der Waals surface area contributed by atoms with Crippen molar-refractivity contribution in [2.24, 2.45) is 5.73 Å². The van der Waals surface area contributed by atoms with Crippen LogP contribution in [0, 0.1) is 0 Å². The first-order chi connectivity index (χ1) is 12.1. The molecule has 3 rings (SSSR count). The molecule has 0 aromatic heterocycles. The van der Waals surface area contributed by atoms with Gasteiger partial charge >= 0.3 is 0 Å². The molecule has 2 atom stereocenters. The van der Waals surface area contributed by atoms with Gasteiger partial charge in [0.1, 0.15) is 30.4 Å².